The molecule has 5 atom stereocenters. The second kappa shape index (κ2) is 21.4. The predicted molar refractivity (Wildman–Crippen MR) is 260 cm³/mol. The van der Waals surface area contributed by atoms with Gasteiger partial charge >= 0.3 is 12.1 Å². The normalized spacial score (nSPS) is 22.4. The molecule has 0 saturated heterocycles. The first-order chi connectivity index (χ1) is 32.0. The lowest BCUT2D eigenvalue weighted by atomic mass is 9.84. The summed E-state index contributed by atoms with van der Waals surface area (Å²) in [6.07, 6.45) is 12.8. The van der Waals surface area contributed by atoms with Crippen molar-refractivity contribution in [3.8, 4) is 23.0 Å². The highest BCUT2D eigenvalue weighted by Crippen LogP contribution is 2.49. The van der Waals surface area contributed by atoms with Crippen molar-refractivity contribution < 1.29 is 53.8 Å². The van der Waals surface area contributed by atoms with Crippen LogP contribution in [0.15, 0.2) is 58.7 Å². The maximum absolute atomic E-state index is 14.1. The maximum atomic E-state index is 14.1. The molecular weight excluding hydrogens is 867 g/mol. The Bertz CT molecular complexity index is 2410. The Morgan fingerprint density at radius 3 is 1.81 bits per heavy atom. The number of allylic oxidation sites excluding steroid dienone is 8. The number of phenols is 1. The highest BCUT2D eigenvalue weighted by Gasteiger charge is 2.47. The summed E-state index contributed by atoms with van der Waals surface area (Å²) in [6.45, 7) is 16.4. The zero-order chi connectivity index (χ0) is 49.8. The molecule has 0 aromatic heterocycles. The number of amides is 3. The van der Waals surface area contributed by atoms with Gasteiger partial charge in [-0.25, -0.2) is 9.59 Å². The molecule has 0 bridgehead atoms. The summed E-state index contributed by atoms with van der Waals surface area (Å²) in [5.74, 6) is -1.45. The molecule has 3 amide bonds. The van der Waals surface area contributed by atoms with Gasteiger partial charge in [0, 0.05) is 55.7 Å². The van der Waals surface area contributed by atoms with E-state index in [9.17, 15) is 39.6 Å². The Morgan fingerprint density at radius 2 is 1.28 bits per heavy atom. The molecule has 370 valence electrons. The van der Waals surface area contributed by atoms with Gasteiger partial charge in [0.05, 0.1) is 36.4 Å². The molecular formula is C54H73N3O11. The Kier molecular flexibility index (Phi) is 16.3. The lowest BCUT2D eigenvalue weighted by Gasteiger charge is -2.41. The third-order valence-corrected chi connectivity index (χ3v) is 14.1. The summed E-state index contributed by atoms with van der Waals surface area (Å²) in [4.78, 5) is 58.1. The van der Waals surface area contributed by atoms with Crippen molar-refractivity contribution in [2.45, 2.75) is 175 Å². The number of nitrogens with zero attached hydrogens (tertiary/aromatic N) is 3. The van der Waals surface area contributed by atoms with Gasteiger partial charge in [-0.15, -0.1) is 0 Å². The van der Waals surface area contributed by atoms with Crippen LogP contribution in [0.3, 0.4) is 0 Å². The summed E-state index contributed by atoms with van der Waals surface area (Å²) in [6, 6.07) is 1.62. The third kappa shape index (κ3) is 11.5. The van der Waals surface area contributed by atoms with Crippen LogP contribution in [0.25, 0.3) is 0 Å². The van der Waals surface area contributed by atoms with Crippen LogP contribution in [0.5, 0.6) is 23.0 Å². The maximum Gasteiger partial charge on any atom is 0.414 e. The number of aliphatic carboxylic acids is 1. The van der Waals surface area contributed by atoms with Gasteiger partial charge in [0.15, 0.2) is 0 Å². The molecule has 0 fully saturated rings. The Balaban J connectivity index is 1.16. The molecule has 0 radical (unpaired) electrons. The number of fused-ring (bicyclic) bond motifs is 6. The average Bonchev–Trinajstić information content (AvgIpc) is 3.75. The van der Waals surface area contributed by atoms with E-state index >= 15 is 0 Å². The summed E-state index contributed by atoms with van der Waals surface area (Å²) in [7, 11) is 3.10. The first kappa shape index (κ1) is 51.8. The molecule has 14 heteroatoms. The number of hydrogen-bond donors (Lipinski definition) is 4. The van der Waals surface area contributed by atoms with Crippen molar-refractivity contribution in [2.75, 3.05) is 20.6 Å². The number of rotatable bonds is 19. The van der Waals surface area contributed by atoms with Gasteiger partial charge in [0.2, 0.25) is 0 Å². The minimum Gasteiger partial charge on any atom is -0.508 e. The summed E-state index contributed by atoms with van der Waals surface area (Å²) in [5.41, 5.74) is 5.41. The number of carbonyl (C=O) groups excluding carboxylic acids is 3. The second-order valence-corrected chi connectivity index (χ2v) is 20.4. The van der Waals surface area contributed by atoms with Crippen LogP contribution in [0.1, 0.15) is 163 Å². The zero-order valence-corrected chi connectivity index (χ0v) is 41.8. The fourth-order valence-corrected chi connectivity index (χ4v) is 9.66. The number of carboxylic acid groups (broad SMARTS) is 1. The van der Waals surface area contributed by atoms with Gasteiger partial charge in [0.1, 0.15) is 40.2 Å². The Hall–Kier alpha value is -5.60. The van der Waals surface area contributed by atoms with Gasteiger partial charge in [-0.3, -0.25) is 9.59 Å². The summed E-state index contributed by atoms with van der Waals surface area (Å²) in [5, 5.41) is 44.5. The number of aliphatic hydroxyl groups is 2. The molecule has 0 spiro atoms. The number of hydrogen-bond acceptors (Lipinski definition) is 10. The first-order valence-corrected chi connectivity index (χ1v) is 24.1. The van der Waals surface area contributed by atoms with Crippen molar-refractivity contribution in [1.29, 1.82) is 0 Å². The number of ether oxygens (including phenoxy) is 3. The zero-order valence-electron chi connectivity index (χ0n) is 41.8. The number of carbonyl (C=O) groups is 4. The number of aromatic hydroxyl groups is 1. The average molecular weight is 940 g/mol. The van der Waals surface area contributed by atoms with Gasteiger partial charge in [-0.1, -0.05) is 46.6 Å². The molecule has 0 saturated carbocycles. The molecule has 2 aromatic carbocycles. The van der Waals surface area contributed by atoms with Crippen molar-refractivity contribution in [2.24, 2.45) is 0 Å². The van der Waals surface area contributed by atoms with E-state index in [4.69, 9.17) is 14.2 Å². The van der Waals surface area contributed by atoms with Crippen LogP contribution in [0.4, 0.5) is 4.79 Å². The lowest BCUT2D eigenvalue weighted by molar-refractivity contribution is -0.142. The molecule has 0 unspecified atom stereocenters. The summed E-state index contributed by atoms with van der Waals surface area (Å²) < 4.78 is 19.0. The predicted octanol–water partition coefficient (Wildman–Crippen LogP) is 9.35. The van der Waals surface area contributed by atoms with Gasteiger partial charge in [-0.05, 0) is 132 Å². The van der Waals surface area contributed by atoms with Crippen LogP contribution >= 0.6 is 0 Å². The van der Waals surface area contributed by atoms with E-state index in [1.54, 1.807) is 19.0 Å². The number of carboxylic acids is 1. The molecule has 6 rings (SSSR count). The number of aliphatic hydroxyl groups excluding tert-OH is 2. The minimum absolute atomic E-state index is 0.0196. The highest BCUT2D eigenvalue weighted by molar-refractivity contribution is 6.02. The Morgan fingerprint density at radius 1 is 0.765 bits per heavy atom. The van der Waals surface area contributed by atoms with Crippen LogP contribution in [0, 0.1) is 0 Å². The number of benzene rings is 2. The molecule has 4 N–H and O–H groups in total. The molecule has 14 nitrogen and oxygen atoms in total. The van der Waals surface area contributed by atoms with E-state index < -0.39 is 47.4 Å². The first-order valence-electron chi connectivity index (χ1n) is 24.1. The quantitative estimate of drug-likeness (QED) is 0.0984. The SMILES string of the molecule is CC(C)=CCC/C(C)=C/CC[C@@]1(C)Oc2c(c(O)cc3c2CN([C@@H](CCCN2Cc4c(cc(OC(=O)N(C)C)c5c4O[C@](C)(CC/C=C(\C)CCC=C(C)C)[C@@H](O)C5)C2=O)C(=O)O)C3=O)C[C@@H]1O. The van der Waals surface area contributed by atoms with Crippen LogP contribution in [-0.4, -0.2) is 109 Å². The molecule has 0 aliphatic carbocycles. The standard InChI is InChI=1S/C54H73N3O11/c1-32(2)16-11-18-34(5)20-13-23-53(7)45(59)28-38-43(58)26-36-41(47(38)67-53)31-57(50(36)62)42(51(63)64)22-15-25-56-30-40-37(49(56)61)27-44(66-52(65)55(9)10)39-29-46(60)54(8,68-48(39)40)24-14-21-35(6)19-12-17-33(3)4/h16-17,20-21,26-27,42,45-46,58-60H,11-15,18-19,22-25,28-31H2,1-10H3,(H,63,64)/b34-20+,35-21+/t42-,45-,46-,53+,54+/m0/s1. The molecule has 4 aliphatic heterocycles. The highest BCUT2D eigenvalue weighted by atomic mass is 16.6. The van der Waals surface area contributed by atoms with E-state index in [0.717, 1.165) is 25.7 Å². The molecule has 68 heavy (non-hydrogen) atoms. The monoisotopic (exact) mass is 940 g/mol. The third-order valence-electron chi connectivity index (χ3n) is 14.1. The topological polar surface area (TPSA) is 187 Å². The summed E-state index contributed by atoms with van der Waals surface area (Å²) >= 11 is 0. The van der Waals surface area contributed by atoms with Crippen LogP contribution in [0.2, 0.25) is 0 Å². The smallest absolute Gasteiger partial charge is 0.414 e. The second-order valence-electron chi connectivity index (χ2n) is 20.4. The van der Waals surface area contributed by atoms with Crippen LogP contribution < -0.4 is 14.2 Å². The van der Waals surface area contributed by atoms with Gasteiger partial charge in [0.25, 0.3) is 11.8 Å². The minimum atomic E-state index is -1.26. The van der Waals surface area contributed by atoms with E-state index in [1.807, 2.05) is 13.8 Å². The van der Waals surface area contributed by atoms with E-state index in [0.29, 0.717) is 65.0 Å². The largest absolute Gasteiger partial charge is 0.508 e. The van der Waals surface area contributed by atoms with Gasteiger partial charge in [-0.2, -0.15) is 0 Å². The van der Waals surface area contributed by atoms with Crippen LogP contribution in [-0.2, 0) is 30.7 Å². The lowest BCUT2D eigenvalue weighted by Crippen LogP contribution is -2.49. The van der Waals surface area contributed by atoms with E-state index in [1.165, 1.54) is 44.2 Å². The van der Waals surface area contributed by atoms with Crippen molar-refractivity contribution in [1.82, 2.24) is 14.7 Å². The number of phenolic OH excluding ortho intramolecular Hbond substituents is 1. The fourth-order valence-electron chi connectivity index (χ4n) is 9.66. The van der Waals surface area contributed by atoms with E-state index in [2.05, 4.69) is 65.8 Å². The Labute approximate surface area is 401 Å². The van der Waals surface area contributed by atoms with E-state index in [-0.39, 0.29) is 68.3 Å². The van der Waals surface area contributed by atoms with Crippen molar-refractivity contribution >= 4 is 23.9 Å². The van der Waals surface area contributed by atoms with Crippen molar-refractivity contribution in [3.05, 3.63) is 92.1 Å². The fraction of sp³-hybridized carbons (Fsp3) is 0.556. The molecule has 2 aromatic rings. The van der Waals surface area contributed by atoms with Crippen molar-refractivity contribution in [3.63, 3.8) is 0 Å². The molecule has 4 aliphatic rings. The van der Waals surface area contributed by atoms with Gasteiger partial charge < -0.3 is 49.3 Å². The molecule has 4 heterocycles.